The zero-order valence-corrected chi connectivity index (χ0v) is 15.5. The van der Waals surface area contributed by atoms with E-state index in [0.717, 1.165) is 25.7 Å². The molecule has 2 N–H and O–H groups in total. The Bertz CT molecular complexity index is 782. The van der Waals surface area contributed by atoms with Crippen molar-refractivity contribution < 1.29 is 14.3 Å². The van der Waals surface area contributed by atoms with Crippen LogP contribution in [-0.4, -0.2) is 29.9 Å². The number of aromatic nitrogens is 1. The first-order chi connectivity index (χ1) is 13.2. The van der Waals surface area contributed by atoms with Crippen LogP contribution in [0.25, 0.3) is 0 Å². The minimum absolute atomic E-state index is 0.173. The van der Waals surface area contributed by atoms with Gasteiger partial charge < -0.3 is 15.4 Å². The van der Waals surface area contributed by atoms with E-state index in [9.17, 15) is 9.59 Å². The summed E-state index contributed by atoms with van der Waals surface area (Å²) in [6.45, 7) is 0. The van der Waals surface area contributed by atoms with Crippen LogP contribution in [0.2, 0.25) is 0 Å². The number of methoxy groups -OCH3 is 1. The lowest BCUT2D eigenvalue weighted by Gasteiger charge is -2.16. The minimum atomic E-state index is -0.309. The third-order valence-electron chi connectivity index (χ3n) is 4.80. The monoisotopic (exact) mass is 367 g/mol. The normalized spacial score (nSPS) is 14.9. The molecule has 0 saturated heterocycles. The average molecular weight is 367 g/mol. The summed E-state index contributed by atoms with van der Waals surface area (Å²) >= 11 is 0. The largest absolute Gasteiger partial charge is 0.497 e. The molecule has 142 valence electrons. The predicted octanol–water partition coefficient (Wildman–Crippen LogP) is 3.80. The molecule has 2 aromatic rings. The SMILES string of the molecule is COc1ccc(NC(=O)c2cncc(C(=O)NC3CCCCCC3)c2)cc1. The Morgan fingerprint density at radius 2 is 1.59 bits per heavy atom. The van der Waals surface area contributed by atoms with Gasteiger partial charge in [-0.3, -0.25) is 14.6 Å². The summed E-state index contributed by atoms with van der Waals surface area (Å²) in [7, 11) is 1.59. The molecule has 1 fully saturated rings. The number of pyridine rings is 1. The molecule has 2 amide bonds. The maximum absolute atomic E-state index is 12.5. The van der Waals surface area contributed by atoms with Gasteiger partial charge >= 0.3 is 0 Å². The molecule has 6 nitrogen and oxygen atoms in total. The Kier molecular flexibility index (Phi) is 6.41. The zero-order chi connectivity index (χ0) is 19.1. The van der Waals surface area contributed by atoms with Gasteiger partial charge in [0.2, 0.25) is 0 Å². The van der Waals surface area contributed by atoms with Crippen LogP contribution in [0.4, 0.5) is 5.69 Å². The Hall–Kier alpha value is -2.89. The van der Waals surface area contributed by atoms with Crippen molar-refractivity contribution in [2.45, 2.75) is 44.6 Å². The maximum Gasteiger partial charge on any atom is 0.257 e. The maximum atomic E-state index is 12.5. The van der Waals surface area contributed by atoms with E-state index in [0.29, 0.717) is 22.6 Å². The van der Waals surface area contributed by atoms with E-state index >= 15 is 0 Å². The van der Waals surface area contributed by atoms with Gasteiger partial charge in [0, 0.05) is 24.1 Å². The zero-order valence-electron chi connectivity index (χ0n) is 15.5. The van der Waals surface area contributed by atoms with Crippen LogP contribution < -0.4 is 15.4 Å². The van der Waals surface area contributed by atoms with Crippen LogP contribution in [0.5, 0.6) is 5.75 Å². The third kappa shape index (κ3) is 5.29. The highest BCUT2D eigenvalue weighted by Crippen LogP contribution is 2.18. The smallest absolute Gasteiger partial charge is 0.257 e. The van der Waals surface area contributed by atoms with E-state index in [-0.39, 0.29) is 17.9 Å². The lowest BCUT2D eigenvalue weighted by molar-refractivity contribution is 0.0933. The number of carbonyl (C=O) groups is 2. The number of ether oxygens (including phenoxy) is 1. The van der Waals surface area contributed by atoms with Crippen LogP contribution in [0.15, 0.2) is 42.7 Å². The van der Waals surface area contributed by atoms with E-state index in [2.05, 4.69) is 15.6 Å². The topological polar surface area (TPSA) is 80.3 Å². The van der Waals surface area contributed by atoms with Crippen LogP contribution in [0.1, 0.15) is 59.2 Å². The molecule has 0 bridgehead atoms. The van der Waals surface area contributed by atoms with Gasteiger partial charge in [-0.1, -0.05) is 25.7 Å². The van der Waals surface area contributed by atoms with Crippen molar-refractivity contribution in [2.75, 3.05) is 12.4 Å². The van der Waals surface area contributed by atoms with Gasteiger partial charge in [-0.05, 0) is 43.2 Å². The fraction of sp³-hybridized carbons (Fsp3) is 0.381. The van der Waals surface area contributed by atoms with Crippen molar-refractivity contribution in [2.24, 2.45) is 0 Å². The standard InChI is InChI=1S/C21H25N3O3/c1-27-19-10-8-18(9-11-19)24-21(26)16-12-15(13-22-14-16)20(25)23-17-6-4-2-3-5-7-17/h8-14,17H,2-7H2,1H3,(H,23,25)(H,24,26). The van der Waals surface area contributed by atoms with Crippen molar-refractivity contribution >= 4 is 17.5 Å². The number of hydrogen-bond donors (Lipinski definition) is 2. The van der Waals surface area contributed by atoms with Crippen molar-refractivity contribution in [1.29, 1.82) is 0 Å². The number of rotatable bonds is 5. The van der Waals surface area contributed by atoms with Gasteiger partial charge in [0.1, 0.15) is 5.75 Å². The second-order valence-corrected chi connectivity index (χ2v) is 6.81. The van der Waals surface area contributed by atoms with Crippen LogP contribution >= 0.6 is 0 Å². The first-order valence-corrected chi connectivity index (χ1v) is 9.37. The fourth-order valence-electron chi connectivity index (χ4n) is 3.26. The summed E-state index contributed by atoms with van der Waals surface area (Å²) in [6, 6.07) is 8.84. The van der Waals surface area contributed by atoms with E-state index in [1.807, 2.05) is 0 Å². The molecule has 1 aromatic carbocycles. The molecule has 0 radical (unpaired) electrons. The lowest BCUT2D eigenvalue weighted by Crippen LogP contribution is -2.34. The Labute approximate surface area is 159 Å². The molecular weight excluding hydrogens is 342 g/mol. The summed E-state index contributed by atoms with van der Waals surface area (Å²) in [4.78, 5) is 29.1. The van der Waals surface area contributed by atoms with E-state index in [1.54, 1.807) is 37.4 Å². The quantitative estimate of drug-likeness (QED) is 0.788. The molecule has 0 spiro atoms. The van der Waals surface area contributed by atoms with Gasteiger partial charge in [0.05, 0.1) is 18.2 Å². The van der Waals surface area contributed by atoms with Crippen molar-refractivity contribution in [3.63, 3.8) is 0 Å². The summed E-state index contributed by atoms with van der Waals surface area (Å²) in [5, 5.41) is 5.88. The molecule has 1 aliphatic carbocycles. The molecule has 6 heteroatoms. The highest BCUT2D eigenvalue weighted by atomic mass is 16.5. The molecule has 1 saturated carbocycles. The molecule has 1 heterocycles. The molecular formula is C21H25N3O3. The minimum Gasteiger partial charge on any atom is -0.497 e. The molecule has 0 atom stereocenters. The number of nitrogens with one attached hydrogen (secondary N) is 2. The number of nitrogens with zero attached hydrogens (tertiary/aromatic N) is 1. The van der Waals surface area contributed by atoms with E-state index in [1.165, 1.54) is 25.2 Å². The van der Waals surface area contributed by atoms with E-state index in [4.69, 9.17) is 4.74 Å². The van der Waals surface area contributed by atoms with Gasteiger partial charge in [-0.25, -0.2) is 0 Å². The number of hydrogen-bond acceptors (Lipinski definition) is 4. The Balaban J connectivity index is 1.64. The number of anilines is 1. The first kappa shape index (κ1) is 18.9. The van der Waals surface area contributed by atoms with Crippen LogP contribution in [0, 0.1) is 0 Å². The van der Waals surface area contributed by atoms with Crippen LogP contribution in [-0.2, 0) is 0 Å². The Morgan fingerprint density at radius 1 is 0.963 bits per heavy atom. The van der Waals surface area contributed by atoms with Crippen molar-refractivity contribution in [3.8, 4) is 5.75 Å². The van der Waals surface area contributed by atoms with E-state index < -0.39 is 0 Å². The second kappa shape index (κ2) is 9.16. The van der Waals surface area contributed by atoms with Gasteiger partial charge in [0.15, 0.2) is 0 Å². The van der Waals surface area contributed by atoms with Crippen molar-refractivity contribution in [1.82, 2.24) is 10.3 Å². The molecule has 0 unspecified atom stereocenters. The summed E-state index contributed by atoms with van der Waals surface area (Å²) < 4.78 is 5.10. The number of carbonyl (C=O) groups excluding carboxylic acids is 2. The summed E-state index contributed by atoms with van der Waals surface area (Å²) in [5.41, 5.74) is 1.40. The Morgan fingerprint density at radius 3 is 2.22 bits per heavy atom. The van der Waals surface area contributed by atoms with Crippen molar-refractivity contribution in [3.05, 3.63) is 53.9 Å². The number of amides is 2. The summed E-state index contributed by atoms with van der Waals surface area (Å²) in [5.74, 6) is 0.233. The summed E-state index contributed by atoms with van der Waals surface area (Å²) in [6.07, 6.45) is 9.73. The second-order valence-electron chi connectivity index (χ2n) is 6.81. The molecule has 3 rings (SSSR count). The van der Waals surface area contributed by atoms with Gasteiger partial charge in [0.25, 0.3) is 11.8 Å². The highest BCUT2D eigenvalue weighted by molar-refractivity contribution is 6.05. The average Bonchev–Trinajstić information content (AvgIpc) is 2.97. The molecule has 1 aliphatic rings. The van der Waals surface area contributed by atoms with Gasteiger partial charge in [-0.2, -0.15) is 0 Å². The molecule has 0 aliphatic heterocycles. The number of benzene rings is 1. The third-order valence-corrected chi connectivity index (χ3v) is 4.80. The fourth-order valence-corrected chi connectivity index (χ4v) is 3.26. The molecule has 27 heavy (non-hydrogen) atoms. The predicted molar refractivity (Wildman–Crippen MR) is 104 cm³/mol. The van der Waals surface area contributed by atoms with Crippen LogP contribution in [0.3, 0.4) is 0 Å². The highest BCUT2D eigenvalue weighted by Gasteiger charge is 2.17. The van der Waals surface area contributed by atoms with Gasteiger partial charge in [-0.15, -0.1) is 0 Å². The first-order valence-electron chi connectivity index (χ1n) is 9.37. The lowest BCUT2D eigenvalue weighted by atomic mass is 10.1. The molecule has 1 aromatic heterocycles.